The van der Waals surface area contributed by atoms with Gasteiger partial charge in [0, 0.05) is 39.1 Å². The van der Waals surface area contributed by atoms with Crippen LogP contribution in [0, 0.1) is 0 Å². The van der Waals surface area contributed by atoms with Crippen LogP contribution < -0.4 is 5.32 Å². The van der Waals surface area contributed by atoms with Gasteiger partial charge in [0.2, 0.25) is 5.91 Å². The zero-order valence-corrected chi connectivity index (χ0v) is 12.1. The molecule has 1 saturated carbocycles. The normalized spacial score (nSPS) is 18.5. The maximum atomic E-state index is 12.3. The monoisotopic (exact) mass is 289 g/mol. The molecular weight excluding hydrogens is 270 g/mol. The molecule has 1 N–H and O–H groups in total. The number of hydrogen-bond acceptors (Lipinski definition) is 5. The van der Waals surface area contributed by atoms with Crippen molar-refractivity contribution in [2.45, 2.75) is 25.8 Å². The summed E-state index contributed by atoms with van der Waals surface area (Å²) in [5.74, 6) is 0.650. The molecule has 0 atom stereocenters. The molecule has 0 spiro atoms. The molecule has 0 aromatic carbocycles. The summed E-state index contributed by atoms with van der Waals surface area (Å²) in [6.07, 6.45) is 2.34. The summed E-state index contributed by atoms with van der Waals surface area (Å²) < 4.78 is 0. The van der Waals surface area contributed by atoms with Crippen LogP contribution in [0.3, 0.4) is 0 Å². The molecule has 0 radical (unpaired) electrons. The van der Waals surface area contributed by atoms with Crippen molar-refractivity contribution < 1.29 is 9.59 Å². The van der Waals surface area contributed by atoms with Crippen LogP contribution in [0.2, 0.25) is 0 Å². The molecule has 1 aliphatic heterocycles. The van der Waals surface area contributed by atoms with E-state index < -0.39 is 0 Å². The van der Waals surface area contributed by atoms with Crippen molar-refractivity contribution in [2.75, 3.05) is 31.5 Å². The molecule has 2 heterocycles. The lowest BCUT2D eigenvalue weighted by Gasteiger charge is -2.33. The molecule has 2 fully saturated rings. The summed E-state index contributed by atoms with van der Waals surface area (Å²) in [7, 11) is 0. The summed E-state index contributed by atoms with van der Waals surface area (Å²) in [6, 6.07) is 4.02. The van der Waals surface area contributed by atoms with E-state index in [2.05, 4.69) is 15.5 Å². The number of amides is 2. The summed E-state index contributed by atoms with van der Waals surface area (Å²) in [4.78, 5) is 27.1. The quantitative estimate of drug-likeness (QED) is 0.869. The van der Waals surface area contributed by atoms with Gasteiger partial charge in [-0.15, -0.1) is 10.2 Å². The fourth-order valence-electron chi connectivity index (χ4n) is 2.35. The number of carbonyl (C=O) groups is 2. The first-order chi connectivity index (χ1) is 10.1. The predicted molar refractivity (Wildman–Crippen MR) is 76.8 cm³/mol. The maximum absolute atomic E-state index is 12.3. The largest absolute Gasteiger partial charge is 0.366 e. The van der Waals surface area contributed by atoms with Gasteiger partial charge in [0.1, 0.15) is 5.82 Å². The number of anilines is 1. The highest BCUT2D eigenvalue weighted by Crippen LogP contribution is 2.23. The average molecular weight is 289 g/mol. The Morgan fingerprint density at radius 1 is 1.10 bits per heavy atom. The van der Waals surface area contributed by atoms with Crippen molar-refractivity contribution in [3.05, 3.63) is 17.8 Å². The van der Waals surface area contributed by atoms with Gasteiger partial charge in [0.15, 0.2) is 5.69 Å². The molecule has 7 heteroatoms. The fourth-order valence-corrected chi connectivity index (χ4v) is 2.35. The van der Waals surface area contributed by atoms with Crippen LogP contribution in [0.4, 0.5) is 5.82 Å². The molecule has 1 aliphatic carbocycles. The first-order valence-electron chi connectivity index (χ1n) is 7.28. The number of nitrogens with one attached hydrogen (secondary N) is 1. The van der Waals surface area contributed by atoms with E-state index in [1.54, 1.807) is 28.9 Å². The van der Waals surface area contributed by atoms with E-state index in [0.29, 0.717) is 37.9 Å². The predicted octanol–water partition coefficient (Wildman–Crippen LogP) is 0.355. The molecule has 21 heavy (non-hydrogen) atoms. The van der Waals surface area contributed by atoms with Crippen LogP contribution in [0.15, 0.2) is 12.1 Å². The molecule has 2 amide bonds. The van der Waals surface area contributed by atoms with Crippen molar-refractivity contribution in [2.24, 2.45) is 0 Å². The molecule has 1 aromatic heterocycles. The Morgan fingerprint density at radius 2 is 1.76 bits per heavy atom. The highest BCUT2D eigenvalue weighted by Gasteiger charge is 2.25. The lowest BCUT2D eigenvalue weighted by atomic mass is 10.2. The average Bonchev–Trinajstić information content (AvgIpc) is 3.31. The lowest BCUT2D eigenvalue weighted by Crippen LogP contribution is -2.50. The number of nitrogens with zero attached hydrogens (tertiary/aromatic N) is 4. The molecule has 1 aromatic rings. The van der Waals surface area contributed by atoms with Gasteiger partial charge in [0.25, 0.3) is 5.91 Å². The topological polar surface area (TPSA) is 78.4 Å². The van der Waals surface area contributed by atoms with Gasteiger partial charge in [-0.1, -0.05) is 0 Å². The SMILES string of the molecule is CC(=O)N1CCN(C(=O)c2ccc(NC3CC3)nn2)CC1. The van der Waals surface area contributed by atoms with Gasteiger partial charge in [-0.2, -0.15) is 0 Å². The first-order valence-corrected chi connectivity index (χ1v) is 7.28. The van der Waals surface area contributed by atoms with E-state index in [4.69, 9.17) is 0 Å². The standard InChI is InChI=1S/C14H19N5O2/c1-10(20)18-6-8-19(9-7-18)14(21)12-4-5-13(17-16-12)15-11-2-3-11/h4-5,11H,2-3,6-9H2,1H3,(H,15,17). The van der Waals surface area contributed by atoms with E-state index in [0.717, 1.165) is 5.82 Å². The second-order valence-corrected chi connectivity index (χ2v) is 5.52. The van der Waals surface area contributed by atoms with Gasteiger partial charge in [-0.3, -0.25) is 9.59 Å². The molecule has 3 rings (SSSR count). The third kappa shape index (κ3) is 3.29. The van der Waals surface area contributed by atoms with Gasteiger partial charge < -0.3 is 15.1 Å². The van der Waals surface area contributed by atoms with Gasteiger partial charge in [0.05, 0.1) is 0 Å². The molecule has 2 aliphatic rings. The van der Waals surface area contributed by atoms with E-state index in [1.165, 1.54) is 12.8 Å². The maximum Gasteiger partial charge on any atom is 0.274 e. The van der Waals surface area contributed by atoms with Crippen LogP contribution >= 0.6 is 0 Å². The Balaban J connectivity index is 1.58. The summed E-state index contributed by atoms with van der Waals surface area (Å²) in [5.41, 5.74) is 0.354. The number of piperazine rings is 1. The fraction of sp³-hybridized carbons (Fsp3) is 0.571. The van der Waals surface area contributed by atoms with E-state index >= 15 is 0 Å². The van der Waals surface area contributed by atoms with Crippen LogP contribution in [0.5, 0.6) is 0 Å². The molecular formula is C14H19N5O2. The summed E-state index contributed by atoms with van der Waals surface area (Å²) >= 11 is 0. The highest BCUT2D eigenvalue weighted by molar-refractivity contribution is 5.92. The highest BCUT2D eigenvalue weighted by atomic mass is 16.2. The minimum Gasteiger partial charge on any atom is -0.366 e. The van der Waals surface area contributed by atoms with Gasteiger partial charge >= 0.3 is 0 Å². The summed E-state index contributed by atoms with van der Waals surface area (Å²) in [5, 5.41) is 11.3. The van der Waals surface area contributed by atoms with Crippen LogP contribution in [0.1, 0.15) is 30.3 Å². The molecule has 0 unspecified atom stereocenters. The molecule has 0 bridgehead atoms. The number of hydrogen-bond donors (Lipinski definition) is 1. The van der Waals surface area contributed by atoms with Crippen LogP contribution in [-0.4, -0.2) is 64.0 Å². The van der Waals surface area contributed by atoms with Crippen LogP contribution in [-0.2, 0) is 4.79 Å². The third-order valence-corrected chi connectivity index (χ3v) is 3.83. The Labute approximate surface area is 123 Å². The molecule has 7 nitrogen and oxygen atoms in total. The van der Waals surface area contributed by atoms with E-state index in [-0.39, 0.29) is 11.8 Å². The van der Waals surface area contributed by atoms with Gasteiger partial charge in [-0.05, 0) is 25.0 Å². The van der Waals surface area contributed by atoms with Crippen molar-refractivity contribution in [1.82, 2.24) is 20.0 Å². The Morgan fingerprint density at radius 3 is 2.29 bits per heavy atom. The number of carbonyl (C=O) groups excluding carboxylic acids is 2. The molecule has 112 valence electrons. The second-order valence-electron chi connectivity index (χ2n) is 5.52. The van der Waals surface area contributed by atoms with E-state index in [9.17, 15) is 9.59 Å². The van der Waals surface area contributed by atoms with Gasteiger partial charge in [-0.25, -0.2) is 0 Å². The Hall–Kier alpha value is -2.18. The first kappa shape index (κ1) is 13.8. The second kappa shape index (κ2) is 5.67. The minimum atomic E-state index is -0.122. The zero-order valence-electron chi connectivity index (χ0n) is 12.1. The lowest BCUT2D eigenvalue weighted by molar-refractivity contribution is -0.130. The van der Waals surface area contributed by atoms with Crippen LogP contribution in [0.25, 0.3) is 0 Å². The minimum absolute atomic E-state index is 0.0531. The zero-order chi connectivity index (χ0) is 14.8. The number of aromatic nitrogens is 2. The van der Waals surface area contributed by atoms with E-state index in [1.807, 2.05) is 0 Å². The third-order valence-electron chi connectivity index (χ3n) is 3.83. The molecule has 1 saturated heterocycles. The number of rotatable bonds is 3. The van der Waals surface area contributed by atoms with Crippen molar-refractivity contribution in [3.8, 4) is 0 Å². The Bertz CT molecular complexity index is 533. The van der Waals surface area contributed by atoms with Crippen molar-refractivity contribution in [1.29, 1.82) is 0 Å². The van der Waals surface area contributed by atoms with Crippen molar-refractivity contribution >= 4 is 17.6 Å². The Kier molecular flexibility index (Phi) is 3.72. The smallest absolute Gasteiger partial charge is 0.274 e. The van der Waals surface area contributed by atoms with Crippen molar-refractivity contribution in [3.63, 3.8) is 0 Å². The summed E-state index contributed by atoms with van der Waals surface area (Å²) in [6.45, 7) is 3.80.